The maximum Gasteiger partial charge on any atom is 0.320 e. The van der Waals surface area contributed by atoms with Crippen molar-refractivity contribution in [2.45, 2.75) is 50.6 Å². The van der Waals surface area contributed by atoms with Gasteiger partial charge in [-0.15, -0.1) is 0 Å². The van der Waals surface area contributed by atoms with Gasteiger partial charge in [0, 0.05) is 56.7 Å². The van der Waals surface area contributed by atoms with Crippen molar-refractivity contribution in [3.63, 3.8) is 0 Å². The van der Waals surface area contributed by atoms with Crippen molar-refractivity contribution in [2.75, 3.05) is 63.9 Å². The number of hydrogen-bond acceptors (Lipinski definition) is 5. The molecule has 8 heteroatoms. The molecule has 4 aliphatic heterocycles. The number of hydrogen-bond donors (Lipinski definition) is 0. The van der Waals surface area contributed by atoms with Gasteiger partial charge in [-0.1, -0.05) is 24.3 Å². The smallest absolute Gasteiger partial charge is 0.320 e. The summed E-state index contributed by atoms with van der Waals surface area (Å²) in [5.41, 5.74) is 6.18. The standard InChI is InChI=1S/C31H40N6O2/c1-23(2)33-12-8-26(9-13-33)24-3-5-25(6-4-24)27-19-29-28(7-11-32-37(29)20-27)34-15-17-35(18-16-34)30(38)36-14-10-31(36)21-39-22-31/h3-7,11,19-20,23,26H,8-10,12-18,21-22H2,1-2H3. The summed E-state index contributed by atoms with van der Waals surface area (Å²) in [5.74, 6) is 0.662. The highest BCUT2D eigenvalue weighted by Gasteiger charge is 2.54. The molecule has 8 nitrogen and oxygen atoms in total. The number of benzene rings is 1. The highest BCUT2D eigenvalue weighted by molar-refractivity contribution is 5.81. The van der Waals surface area contributed by atoms with Gasteiger partial charge in [0.2, 0.25) is 0 Å². The molecule has 4 aliphatic rings. The molecular weight excluding hydrogens is 488 g/mol. The van der Waals surface area contributed by atoms with Gasteiger partial charge >= 0.3 is 6.03 Å². The number of aromatic nitrogens is 2. The van der Waals surface area contributed by atoms with E-state index >= 15 is 0 Å². The lowest BCUT2D eigenvalue weighted by molar-refractivity contribution is -0.173. The van der Waals surface area contributed by atoms with E-state index in [1.165, 1.54) is 48.3 Å². The first-order valence-electron chi connectivity index (χ1n) is 14.7. The van der Waals surface area contributed by atoms with Gasteiger partial charge in [-0.3, -0.25) is 0 Å². The van der Waals surface area contributed by atoms with Crippen LogP contribution in [-0.4, -0.2) is 101 Å². The van der Waals surface area contributed by atoms with Crippen molar-refractivity contribution >= 4 is 17.2 Å². The van der Waals surface area contributed by atoms with Crippen LogP contribution in [-0.2, 0) is 4.74 Å². The van der Waals surface area contributed by atoms with Gasteiger partial charge in [0.15, 0.2) is 0 Å². The van der Waals surface area contributed by atoms with Crippen LogP contribution in [0.15, 0.2) is 48.8 Å². The van der Waals surface area contributed by atoms with Crippen LogP contribution in [0.25, 0.3) is 16.6 Å². The average molecular weight is 529 g/mol. The molecule has 4 saturated heterocycles. The van der Waals surface area contributed by atoms with Gasteiger partial charge in [0.05, 0.1) is 30.0 Å². The molecule has 0 saturated carbocycles. The lowest BCUT2D eigenvalue weighted by Gasteiger charge is -2.58. The Morgan fingerprint density at radius 3 is 2.31 bits per heavy atom. The number of urea groups is 1. The van der Waals surface area contributed by atoms with E-state index < -0.39 is 0 Å². The molecule has 39 heavy (non-hydrogen) atoms. The predicted octanol–water partition coefficient (Wildman–Crippen LogP) is 4.31. The minimum absolute atomic E-state index is 0.00260. The van der Waals surface area contributed by atoms with Crippen LogP contribution in [0.1, 0.15) is 44.6 Å². The zero-order valence-corrected chi connectivity index (χ0v) is 23.3. The quantitative estimate of drug-likeness (QED) is 0.505. The Labute approximate surface area is 231 Å². The largest absolute Gasteiger partial charge is 0.376 e. The van der Waals surface area contributed by atoms with Gasteiger partial charge < -0.3 is 24.3 Å². The molecule has 206 valence electrons. The molecule has 6 heterocycles. The van der Waals surface area contributed by atoms with Crippen molar-refractivity contribution in [1.82, 2.24) is 24.3 Å². The Hall–Kier alpha value is -3.10. The fourth-order valence-corrected chi connectivity index (χ4v) is 6.91. The minimum atomic E-state index is -0.00260. The lowest BCUT2D eigenvalue weighted by Crippen LogP contribution is -2.74. The van der Waals surface area contributed by atoms with Crippen molar-refractivity contribution in [2.24, 2.45) is 0 Å². The molecule has 0 unspecified atom stereocenters. The Morgan fingerprint density at radius 2 is 1.69 bits per heavy atom. The SMILES string of the molecule is CC(C)N1CCC(c2ccc(-c3cc4c(N5CCN(C(=O)N6CCC67COC7)CC5)ccnn4c3)cc2)CC1. The summed E-state index contributed by atoms with van der Waals surface area (Å²) < 4.78 is 7.41. The third kappa shape index (κ3) is 4.38. The van der Waals surface area contributed by atoms with E-state index in [0.29, 0.717) is 25.2 Å². The number of carbonyl (C=O) groups is 1. The number of carbonyl (C=O) groups excluding carboxylic acids is 1. The molecule has 1 spiro atoms. The molecule has 3 aromatic rings. The van der Waals surface area contributed by atoms with Crippen molar-refractivity contribution in [1.29, 1.82) is 0 Å². The van der Waals surface area contributed by atoms with Gasteiger partial charge in [-0.2, -0.15) is 5.10 Å². The fraction of sp³-hybridized carbons (Fsp3) is 0.548. The van der Waals surface area contributed by atoms with E-state index in [1.807, 2.05) is 20.5 Å². The second-order valence-electron chi connectivity index (χ2n) is 12.2. The van der Waals surface area contributed by atoms with Gasteiger partial charge in [0.1, 0.15) is 0 Å². The summed E-state index contributed by atoms with van der Waals surface area (Å²) in [5, 5.41) is 4.61. The first-order valence-corrected chi connectivity index (χ1v) is 14.7. The maximum absolute atomic E-state index is 13.1. The number of piperidine rings is 1. The third-order valence-electron chi connectivity index (χ3n) is 9.70. The Morgan fingerprint density at radius 1 is 0.949 bits per heavy atom. The predicted molar refractivity (Wildman–Crippen MR) is 153 cm³/mol. The first kappa shape index (κ1) is 24.9. The van der Waals surface area contributed by atoms with Crippen molar-refractivity contribution in [3.8, 4) is 11.1 Å². The highest BCUT2D eigenvalue weighted by atomic mass is 16.5. The first-order chi connectivity index (χ1) is 19.0. The normalized spacial score (nSPS) is 22.0. The second-order valence-corrected chi connectivity index (χ2v) is 12.2. The van der Waals surface area contributed by atoms with E-state index in [0.717, 1.165) is 44.7 Å². The van der Waals surface area contributed by atoms with Gasteiger partial charge in [0.25, 0.3) is 0 Å². The Kier molecular flexibility index (Phi) is 6.27. The van der Waals surface area contributed by atoms with E-state index in [9.17, 15) is 4.79 Å². The fourth-order valence-electron chi connectivity index (χ4n) is 6.91. The van der Waals surface area contributed by atoms with Crippen molar-refractivity contribution < 1.29 is 9.53 Å². The van der Waals surface area contributed by atoms with Crippen LogP contribution >= 0.6 is 0 Å². The molecule has 0 atom stereocenters. The molecule has 0 radical (unpaired) electrons. The summed E-state index contributed by atoms with van der Waals surface area (Å²) in [6.07, 6.45) is 7.58. The summed E-state index contributed by atoms with van der Waals surface area (Å²) in [6.45, 7) is 12.4. The lowest BCUT2D eigenvalue weighted by atomic mass is 9.83. The number of nitrogens with zero attached hydrogens (tertiary/aromatic N) is 6. The summed E-state index contributed by atoms with van der Waals surface area (Å²) in [4.78, 5) is 22.2. The number of likely N-dealkylation sites (tertiary alicyclic amines) is 2. The highest BCUT2D eigenvalue weighted by Crippen LogP contribution is 2.38. The zero-order chi connectivity index (χ0) is 26.6. The third-order valence-corrected chi connectivity index (χ3v) is 9.70. The van der Waals surface area contributed by atoms with E-state index in [-0.39, 0.29) is 11.6 Å². The average Bonchev–Trinajstić information content (AvgIpc) is 3.37. The number of anilines is 1. The van der Waals surface area contributed by atoms with Gasteiger partial charge in [-0.25, -0.2) is 9.31 Å². The van der Waals surface area contributed by atoms with Crippen LogP contribution in [0.4, 0.5) is 10.5 Å². The number of amides is 2. The Bertz CT molecular complexity index is 1330. The number of ether oxygens (including phenoxy) is 1. The molecule has 2 amide bonds. The molecule has 4 fully saturated rings. The molecular formula is C31H40N6O2. The minimum Gasteiger partial charge on any atom is -0.376 e. The summed E-state index contributed by atoms with van der Waals surface area (Å²) in [6, 6.07) is 14.4. The molecule has 0 aliphatic carbocycles. The second kappa shape index (κ2) is 9.82. The van der Waals surface area contributed by atoms with Gasteiger partial charge in [-0.05, 0) is 75.4 Å². The maximum atomic E-state index is 13.1. The molecule has 0 bridgehead atoms. The number of piperazine rings is 1. The van der Waals surface area contributed by atoms with Crippen LogP contribution in [0, 0.1) is 0 Å². The molecule has 2 aromatic heterocycles. The van der Waals surface area contributed by atoms with E-state index in [2.05, 4.69) is 71.3 Å². The molecule has 0 N–H and O–H groups in total. The van der Waals surface area contributed by atoms with E-state index in [4.69, 9.17) is 4.74 Å². The van der Waals surface area contributed by atoms with Crippen LogP contribution in [0.5, 0.6) is 0 Å². The van der Waals surface area contributed by atoms with E-state index in [1.54, 1.807) is 0 Å². The van der Waals surface area contributed by atoms with Crippen LogP contribution in [0.3, 0.4) is 0 Å². The van der Waals surface area contributed by atoms with Crippen LogP contribution < -0.4 is 4.90 Å². The topological polar surface area (TPSA) is 56.6 Å². The Balaban J connectivity index is 1.03. The zero-order valence-electron chi connectivity index (χ0n) is 23.3. The monoisotopic (exact) mass is 528 g/mol. The van der Waals surface area contributed by atoms with Crippen molar-refractivity contribution in [3.05, 3.63) is 54.4 Å². The summed E-state index contributed by atoms with van der Waals surface area (Å²) in [7, 11) is 0. The molecule has 7 rings (SSSR count). The number of rotatable bonds is 4. The van der Waals surface area contributed by atoms with Crippen LogP contribution in [0.2, 0.25) is 0 Å². The molecule has 1 aromatic carbocycles. The summed E-state index contributed by atoms with van der Waals surface area (Å²) >= 11 is 0. The number of fused-ring (bicyclic) bond motifs is 1.